The number of hydrogen-bond donors (Lipinski definition) is 2. The summed E-state index contributed by atoms with van der Waals surface area (Å²) in [6.07, 6.45) is 1.94. The summed E-state index contributed by atoms with van der Waals surface area (Å²) >= 11 is 0. The standard InChI is InChI=1S/C21H25NO4S/c1-4-13-22-21(24)20(17-7-5-15(2)6-8-17)19(14-23)16-9-11-18(12-10-16)27(3,25)26/h5-12,23H,4,13-14H2,1-3H3,(H,22,24)/b20-19+. The van der Waals surface area contributed by atoms with E-state index < -0.39 is 9.84 Å². The molecule has 1 amide bonds. The van der Waals surface area contributed by atoms with Crippen molar-refractivity contribution in [1.82, 2.24) is 5.32 Å². The summed E-state index contributed by atoms with van der Waals surface area (Å²) in [5.74, 6) is -0.267. The van der Waals surface area contributed by atoms with Crippen LogP contribution in [0.1, 0.15) is 30.0 Å². The summed E-state index contributed by atoms with van der Waals surface area (Å²) in [6, 6.07) is 13.7. The lowest BCUT2D eigenvalue weighted by Crippen LogP contribution is -2.26. The van der Waals surface area contributed by atoms with Crippen molar-refractivity contribution >= 4 is 26.9 Å². The quantitative estimate of drug-likeness (QED) is 0.565. The Balaban J connectivity index is 2.61. The van der Waals surface area contributed by atoms with Gasteiger partial charge in [0.25, 0.3) is 5.91 Å². The van der Waals surface area contributed by atoms with Crippen molar-refractivity contribution in [3.05, 3.63) is 65.2 Å². The molecule has 0 bridgehead atoms. The van der Waals surface area contributed by atoms with E-state index in [1.165, 1.54) is 12.1 Å². The van der Waals surface area contributed by atoms with E-state index >= 15 is 0 Å². The van der Waals surface area contributed by atoms with E-state index in [0.29, 0.717) is 28.8 Å². The molecule has 2 aromatic rings. The van der Waals surface area contributed by atoms with Crippen molar-refractivity contribution in [3.8, 4) is 0 Å². The second-order valence-electron chi connectivity index (χ2n) is 6.43. The van der Waals surface area contributed by atoms with E-state index in [4.69, 9.17) is 0 Å². The number of carbonyl (C=O) groups is 1. The van der Waals surface area contributed by atoms with Gasteiger partial charge in [0.2, 0.25) is 0 Å². The molecular weight excluding hydrogens is 362 g/mol. The number of benzene rings is 2. The Morgan fingerprint density at radius 3 is 2.04 bits per heavy atom. The van der Waals surface area contributed by atoms with Crippen LogP contribution < -0.4 is 5.32 Å². The Hall–Kier alpha value is -2.44. The summed E-state index contributed by atoms with van der Waals surface area (Å²) in [7, 11) is -3.32. The van der Waals surface area contributed by atoms with Crippen LogP contribution in [0.5, 0.6) is 0 Å². The summed E-state index contributed by atoms with van der Waals surface area (Å²) in [4.78, 5) is 13.0. The fourth-order valence-electron chi connectivity index (χ4n) is 2.71. The third-order valence-corrected chi connectivity index (χ3v) is 5.32. The predicted octanol–water partition coefficient (Wildman–Crippen LogP) is 2.83. The second-order valence-corrected chi connectivity index (χ2v) is 8.45. The number of carbonyl (C=O) groups excluding carboxylic acids is 1. The van der Waals surface area contributed by atoms with Crippen LogP contribution >= 0.6 is 0 Å². The highest BCUT2D eigenvalue weighted by molar-refractivity contribution is 7.90. The zero-order valence-electron chi connectivity index (χ0n) is 15.8. The highest BCUT2D eigenvalue weighted by Crippen LogP contribution is 2.27. The highest BCUT2D eigenvalue weighted by atomic mass is 32.2. The summed E-state index contributed by atoms with van der Waals surface area (Å²) in [5, 5.41) is 12.9. The maximum absolute atomic E-state index is 12.8. The third-order valence-electron chi connectivity index (χ3n) is 4.19. The fraction of sp³-hybridized carbons (Fsp3) is 0.286. The van der Waals surface area contributed by atoms with E-state index in [2.05, 4.69) is 5.32 Å². The van der Waals surface area contributed by atoms with Gasteiger partial charge in [0.1, 0.15) is 0 Å². The molecule has 0 unspecified atom stereocenters. The Morgan fingerprint density at radius 1 is 1.00 bits per heavy atom. The molecule has 5 nitrogen and oxygen atoms in total. The van der Waals surface area contributed by atoms with Crippen molar-refractivity contribution in [3.63, 3.8) is 0 Å². The molecule has 0 saturated carbocycles. The molecule has 0 aromatic heterocycles. The van der Waals surface area contributed by atoms with Crippen molar-refractivity contribution in [2.45, 2.75) is 25.2 Å². The number of aliphatic hydroxyl groups is 1. The zero-order valence-corrected chi connectivity index (χ0v) is 16.6. The van der Waals surface area contributed by atoms with Gasteiger partial charge in [0, 0.05) is 12.8 Å². The monoisotopic (exact) mass is 387 g/mol. The van der Waals surface area contributed by atoms with Gasteiger partial charge in [0.15, 0.2) is 9.84 Å². The van der Waals surface area contributed by atoms with Gasteiger partial charge in [-0.2, -0.15) is 0 Å². The molecule has 0 aliphatic heterocycles. The maximum atomic E-state index is 12.8. The first-order valence-corrected chi connectivity index (χ1v) is 10.7. The van der Waals surface area contributed by atoms with Crippen LogP contribution in [0.4, 0.5) is 0 Å². The molecule has 2 N–H and O–H groups in total. The van der Waals surface area contributed by atoms with Crippen molar-refractivity contribution < 1.29 is 18.3 Å². The van der Waals surface area contributed by atoms with Crippen LogP contribution in [0.2, 0.25) is 0 Å². The van der Waals surface area contributed by atoms with Crippen LogP contribution in [0.15, 0.2) is 53.4 Å². The molecule has 6 heteroatoms. The molecule has 0 aliphatic rings. The van der Waals surface area contributed by atoms with Gasteiger partial charge in [-0.3, -0.25) is 4.79 Å². The van der Waals surface area contributed by atoms with Gasteiger partial charge in [-0.15, -0.1) is 0 Å². The lowest BCUT2D eigenvalue weighted by Gasteiger charge is -2.15. The molecule has 0 fully saturated rings. The van der Waals surface area contributed by atoms with Gasteiger partial charge in [0.05, 0.1) is 17.1 Å². The molecule has 0 atom stereocenters. The molecule has 2 rings (SSSR count). The molecule has 0 heterocycles. The molecule has 0 aliphatic carbocycles. The van der Waals surface area contributed by atoms with Gasteiger partial charge in [-0.1, -0.05) is 48.9 Å². The first kappa shape index (κ1) is 20.9. The minimum atomic E-state index is -3.32. The van der Waals surface area contributed by atoms with Crippen molar-refractivity contribution in [2.75, 3.05) is 19.4 Å². The lowest BCUT2D eigenvalue weighted by molar-refractivity contribution is -0.115. The largest absolute Gasteiger partial charge is 0.392 e. The molecular formula is C21H25NO4S. The summed E-state index contributed by atoms with van der Waals surface area (Å²) < 4.78 is 23.3. The highest BCUT2D eigenvalue weighted by Gasteiger charge is 2.19. The van der Waals surface area contributed by atoms with Crippen molar-refractivity contribution in [2.24, 2.45) is 0 Å². The Bertz CT molecular complexity index is 927. The molecule has 27 heavy (non-hydrogen) atoms. The smallest absolute Gasteiger partial charge is 0.252 e. The Morgan fingerprint density at radius 2 is 1.56 bits per heavy atom. The SMILES string of the molecule is CCCNC(=O)/C(=C(\CO)c1ccc(S(C)(=O)=O)cc1)c1ccc(C)cc1. The molecule has 0 radical (unpaired) electrons. The topological polar surface area (TPSA) is 83.5 Å². The minimum absolute atomic E-state index is 0.191. The minimum Gasteiger partial charge on any atom is -0.392 e. The third kappa shape index (κ3) is 5.28. The number of aryl methyl sites for hydroxylation is 1. The zero-order chi connectivity index (χ0) is 20.0. The van der Waals surface area contributed by atoms with E-state index in [0.717, 1.165) is 18.2 Å². The second kappa shape index (κ2) is 8.97. The number of sulfone groups is 1. The van der Waals surface area contributed by atoms with Crippen LogP contribution in [0.25, 0.3) is 11.1 Å². The molecule has 144 valence electrons. The number of rotatable bonds is 7. The Kier molecular flexibility index (Phi) is 6.93. The first-order chi connectivity index (χ1) is 12.8. The summed E-state index contributed by atoms with van der Waals surface area (Å²) in [5.41, 5.74) is 3.21. The average Bonchev–Trinajstić information content (AvgIpc) is 2.64. The first-order valence-electron chi connectivity index (χ1n) is 8.77. The Labute approximate surface area is 160 Å². The summed E-state index contributed by atoms with van der Waals surface area (Å²) in [6.45, 7) is 4.11. The average molecular weight is 388 g/mol. The van der Waals surface area contributed by atoms with E-state index in [-0.39, 0.29) is 17.4 Å². The number of nitrogens with one attached hydrogen (secondary N) is 1. The predicted molar refractivity (Wildman–Crippen MR) is 108 cm³/mol. The van der Waals surface area contributed by atoms with Crippen LogP contribution in [0, 0.1) is 6.92 Å². The van der Waals surface area contributed by atoms with E-state index in [9.17, 15) is 18.3 Å². The van der Waals surface area contributed by atoms with Gasteiger partial charge in [-0.25, -0.2) is 8.42 Å². The maximum Gasteiger partial charge on any atom is 0.252 e. The van der Waals surface area contributed by atoms with E-state index in [1.54, 1.807) is 12.1 Å². The van der Waals surface area contributed by atoms with Crippen LogP contribution in [-0.4, -0.2) is 38.8 Å². The van der Waals surface area contributed by atoms with Crippen LogP contribution in [-0.2, 0) is 14.6 Å². The van der Waals surface area contributed by atoms with Crippen LogP contribution in [0.3, 0.4) is 0 Å². The number of hydrogen-bond acceptors (Lipinski definition) is 4. The van der Waals surface area contributed by atoms with E-state index in [1.807, 2.05) is 38.1 Å². The molecule has 0 spiro atoms. The van der Waals surface area contributed by atoms with Gasteiger partial charge in [-0.05, 0) is 42.2 Å². The lowest BCUT2D eigenvalue weighted by atomic mass is 9.94. The fourth-order valence-corrected chi connectivity index (χ4v) is 3.34. The normalized spacial score (nSPS) is 12.4. The van der Waals surface area contributed by atoms with Gasteiger partial charge < -0.3 is 10.4 Å². The van der Waals surface area contributed by atoms with Gasteiger partial charge >= 0.3 is 0 Å². The number of amides is 1. The number of aliphatic hydroxyl groups excluding tert-OH is 1. The molecule has 2 aromatic carbocycles. The van der Waals surface area contributed by atoms with Crippen molar-refractivity contribution in [1.29, 1.82) is 0 Å². The molecule has 0 saturated heterocycles.